The van der Waals surface area contributed by atoms with Crippen molar-refractivity contribution >= 4 is 39.2 Å². The quantitative estimate of drug-likeness (QED) is 0.649. The van der Waals surface area contributed by atoms with Gasteiger partial charge in [-0.2, -0.15) is 5.10 Å². The highest BCUT2D eigenvalue weighted by Crippen LogP contribution is 2.21. The Hall–Kier alpha value is -1.40. The molecule has 0 saturated carbocycles. The maximum absolute atomic E-state index is 11.6. The number of hydrogen-bond donors (Lipinski definition) is 1. The molecule has 0 radical (unpaired) electrons. The summed E-state index contributed by atoms with van der Waals surface area (Å²) in [7, 11) is 0. The summed E-state index contributed by atoms with van der Waals surface area (Å²) >= 11 is 4.99. The van der Waals surface area contributed by atoms with Gasteiger partial charge in [0.15, 0.2) is 0 Å². The Bertz CT molecular complexity index is 548. The minimum atomic E-state index is -0.0669. The van der Waals surface area contributed by atoms with Crippen LogP contribution in [-0.2, 0) is 11.3 Å². The van der Waals surface area contributed by atoms with Crippen molar-refractivity contribution in [3.63, 3.8) is 0 Å². The fourth-order valence-electron chi connectivity index (χ4n) is 1.53. The van der Waals surface area contributed by atoms with Crippen LogP contribution in [0.1, 0.15) is 12.0 Å². The molecule has 19 heavy (non-hydrogen) atoms. The van der Waals surface area contributed by atoms with E-state index in [0.29, 0.717) is 6.54 Å². The first-order valence-corrected chi connectivity index (χ1v) is 7.59. The lowest BCUT2D eigenvalue weighted by molar-refractivity contribution is -0.116. The van der Waals surface area contributed by atoms with Crippen molar-refractivity contribution in [1.82, 2.24) is 15.1 Å². The van der Waals surface area contributed by atoms with Crippen LogP contribution in [0.2, 0.25) is 0 Å². The van der Waals surface area contributed by atoms with Gasteiger partial charge in [0, 0.05) is 31.6 Å². The van der Waals surface area contributed by atoms with Crippen LogP contribution in [0.4, 0.5) is 0 Å². The zero-order chi connectivity index (χ0) is 13.5. The van der Waals surface area contributed by atoms with E-state index in [1.165, 1.54) is 0 Å². The molecule has 0 atom stereocenters. The predicted molar refractivity (Wildman–Crippen MR) is 80.9 cm³/mol. The largest absolute Gasteiger partial charge is 0.352 e. The highest BCUT2D eigenvalue weighted by atomic mass is 79.9. The number of amides is 1. The van der Waals surface area contributed by atoms with Gasteiger partial charge < -0.3 is 5.32 Å². The first-order valence-electron chi connectivity index (χ1n) is 5.91. The molecule has 0 bridgehead atoms. The summed E-state index contributed by atoms with van der Waals surface area (Å²) in [4.78, 5) is 11.6. The van der Waals surface area contributed by atoms with Gasteiger partial charge in [-0.25, -0.2) is 0 Å². The second-order valence-corrected chi connectivity index (χ2v) is 6.22. The van der Waals surface area contributed by atoms with Gasteiger partial charge in [-0.1, -0.05) is 0 Å². The van der Waals surface area contributed by atoms with Gasteiger partial charge in [0.05, 0.1) is 3.79 Å². The molecule has 2 heterocycles. The second kappa shape index (κ2) is 7.25. The van der Waals surface area contributed by atoms with Crippen molar-refractivity contribution in [2.75, 3.05) is 6.54 Å². The first-order chi connectivity index (χ1) is 9.24. The summed E-state index contributed by atoms with van der Waals surface area (Å²) in [6, 6.07) is 3.87. The lowest BCUT2D eigenvalue weighted by Gasteiger charge is -2.02. The van der Waals surface area contributed by atoms with Gasteiger partial charge in [0.2, 0.25) is 5.91 Å². The van der Waals surface area contributed by atoms with Crippen LogP contribution < -0.4 is 5.32 Å². The van der Waals surface area contributed by atoms with E-state index in [1.807, 2.05) is 34.5 Å². The minimum Gasteiger partial charge on any atom is -0.352 e. The van der Waals surface area contributed by atoms with Gasteiger partial charge in [-0.05, 0) is 51.5 Å². The molecule has 0 spiro atoms. The Morgan fingerprint density at radius 1 is 1.58 bits per heavy atom. The molecule has 0 aromatic carbocycles. The average Bonchev–Trinajstić information content (AvgIpc) is 3.03. The maximum Gasteiger partial charge on any atom is 0.244 e. The second-order valence-electron chi connectivity index (χ2n) is 3.93. The Morgan fingerprint density at radius 3 is 3.16 bits per heavy atom. The molecule has 2 aromatic rings. The van der Waals surface area contributed by atoms with E-state index >= 15 is 0 Å². The molecule has 0 fully saturated rings. The van der Waals surface area contributed by atoms with Crippen LogP contribution in [0.15, 0.2) is 39.8 Å². The SMILES string of the molecule is O=C(/C=C/c1csc(Br)c1)NCCCn1cccn1. The van der Waals surface area contributed by atoms with Crippen molar-refractivity contribution in [3.8, 4) is 0 Å². The number of halogens is 1. The lowest BCUT2D eigenvalue weighted by atomic mass is 10.3. The normalized spacial score (nSPS) is 11.0. The average molecular weight is 340 g/mol. The molecule has 0 unspecified atom stereocenters. The fraction of sp³-hybridized carbons (Fsp3) is 0.231. The van der Waals surface area contributed by atoms with Crippen LogP contribution >= 0.6 is 27.3 Å². The molecule has 1 amide bonds. The van der Waals surface area contributed by atoms with E-state index in [1.54, 1.807) is 23.6 Å². The predicted octanol–water partition coefficient (Wildman–Crippen LogP) is 2.93. The van der Waals surface area contributed by atoms with Gasteiger partial charge in [-0.15, -0.1) is 11.3 Å². The maximum atomic E-state index is 11.6. The van der Waals surface area contributed by atoms with E-state index in [9.17, 15) is 4.79 Å². The standard InChI is InChI=1S/C13H14BrN3OS/c14-12-9-11(10-19-12)3-4-13(18)15-5-1-7-17-8-2-6-16-17/h2-4,6,8-10H,1,5,7H2,(H,15,18)/b4-3+. The third-order valence-corrected chi connectivity index (χ3v) is 3.96. The summed E-state index contributed by atoms with van der Waals surface area (Å²) in [5, 5.41) is 8.94. The molecule has 4 nitrogen and oxygen atoms in total. The number of nitrogens with zero attached hydrogens (tertiary/aromatic N) is 2. The molecule has 0 aliphatic carbocycles. The Kier molecular flexibility index (Phi) is 5.35. The molecule has 0 aliphatic heterocycles. The van der Waals surface area contributed by atoms with E-state index in [4.69, 9.17) is 0 Å². The molecule has 1 N–H and O–H groups in total. The summed E-state index contributed by atoms with van der Waals surface area (Å²) in [6.07, 6.45) is 7.90. The van der Waals surface area contributed by atoms with Gasteiger partial charge >= 0.3 is 0 Å². The van der Waals surface area contributed by atoms with E-state index in [2.05, 4.69) is 26.3 Å². The summed E-state index contributed by atoms with van der Waals surface area (Å²) in [5.74, 6) is -0.0669. The number of hydrogen-bond acceptors (Lipinski definition) is 3. The summed E-state index contributed by atoms with van der Waals surface area (Å²) in [5.41, 5.74) is 1.03. The summed E-state index contributed by atoms with van der Waals surface area (Å²) < 4.78 is 2.91. The smallest absolute Gasteiger partial charge is 0.244 e. The highest BCUT2D eigenvalue weighted by molar-refractivity contribution is 9.11. The van der Waals surface area contributed by atoms with Crippen molar-refractivity contribution < 1.29 is 4.79 Å². The highest BCUT2D eigenvalue weighted by Gasteiger charge is 1.97. The number of carbonyl (C=O) groups is 1. The number of carbonyl (C=O) groups excluding carboxylic acids is 1. The van der Waals surface area contributed by atoms with E-state index < -0.39 is 0 Å². The van der Waals surface area contributed by atoms with Crippen LogP contribution in [0.5, 0.6) is 0 Å². The third kappa shape index (κ3) is 5.00. The molecular formula is C13H14BrN3OS. The molecule has 100 valence electrons. The molecule has 0 aliphatic rings. The zero-order valence-corrected chi connectivity index (χ0v) is 12.7. The number of aryl methyl sites for hydroxylation is 1. The van der Waals surface area contributed by atoms with E-state index in [0.717, 1.165) is 22.3 Å². The molecular weight excluding hydrogens is 326 g/mol. The van der Waals surface area contributed by atoms with Gasteiger partial charge in [0.1, 0.15) is 0 Å². The van der Waals surface area contributed by atoms with E-state index in [-0.39, 0.29) is 5.91 Å². The van der Waals surface area contributed by atoms with Crippen molar-refractivity contribution in [2.45, 2.75) is 13.0 Å². The van der Waals surface area contributed by atoms with Crippen LogP contribution in [0.3, 0.4) is 0 Å². The number of nitrogens with one attached hydrogen (secondary N) is 1. The first kappa shape index (κ1) is 14.0. The van der Waals surface area contributed by atoms with Crippen LogP contribution in [-0.4, -0.2) is 22.2 Å². The lowest BCUT2D eigenvalue weighted by Crippen LogP contribution is -2.23. The van der Waals surface area contributed by atoms with Crippen molar-refractivity contribution in [3.05, 3.63) is 45.3 Å². The summed E-state index contributed by atoms with van der Waals surface area (Å²) in [6.45, 7) is 1.46. The topological polar surface area (TPSA) is 46.9 Å². The van der Waals surface area contributed by atoms with Crippen LogP contribution in [0, 0.1) is 0 Å². The Morgan fingerprint density at radius 2 is 2.47 bits per heavy atom. The number of thiophene rings is 1. The monoisotopic (exact) mass is 339 g/mol. The van der Waals surface area contributed by atoms with Crippen LogP contribution in [0.25, 0.3) is 6.08 Å². The molecule has 2 aromatic heterocycles. The molecule has 0 saturated heterocycles. The molecule has 2 rings (SSSR count). The zero-order valence-electron chi connectivity index (χ0n) is 10.3. The van der Waals surface area contributed by atoms with Crippen molar-refractivity contribution in [1.29, 1.82) is 0 Å². The number of rotatable bonds is 6. The fourth-order valence-corrected chi connectivity index (χ4v) is 2.67. The van der Waals surface area contributed by atoms with Gasteiger partial charge in [0.25, 0.3) is 0 Å². The number of aromatic nitrogens is 2. The van der Waals surface area contributed by atoms with Gasteiger partial charge in [-0.3, -0.25) is 9.48 Å². The molecule has 6 heteroatoms. The van der Waals surface area contributed by atoms with Crippen molar-refractivity contribution in [2.24, 2.45) is 0 Å². The third-order valence-electron chi connectivity index (χ3n) is 2.44. The Labute approximate surface area is 124 Å². The minimum absolute atomic E-state index is 0.0669. The Balaban J connectivity index is 1.66.